The minimum atomic E-state index is -0.0777. The summed E-state index contributed by atoms with van der Waals surface area (Å²) in [4.78, 5) is 0. The Kier molecular flexibility index (Phi) is 3.63. The third-order valence-corrected chi connectivity index (χ3v) is 3.09. The van der Waals surface area contributed by atoms with Crippen molar-refractivity contribution in [1.82, 2.24) is 0 Å². The van der Waals surface area contributed by atoms with Crippen molar-refractivity contribution in [2.24, 2.45) is 11.7 Å². The maximum atomic E-state index is 6.27. The number of nitrogens with two attached hydrogens (primary N) is 1. The number of hydrogen-bond donors (Lipinski definition) is 1. The second-order valence-electron chi connectivity index (χ2n) is 4.40. The molecular weight excluding hydrogens is 210 g/mol. The van der Waals surface area contributed by atoms with Crippen LogP contribution < -0.4 is 10.5 Å². The van der Waals surface area contributed by atoms with Gasteiger partial charge in [-0.2, -0.15) is 0 Å². The van der Waals surface area contributed by atoms with Gasteiger partial charge in [0.25, 0.3) is 0 Å². The van der Waals surface area contributed by atoms with Crippen molar-refractivity contribution < 1.29 is 4.74 Å². The quantitative estimate of drug-likeness (QED) is 0.843. The third-order valence-electron chi connectivity index (χ3n) is 3.09. The van der Waals surface area contributed by atoms with Crippen LogP contribution in [0.2, 0.25) is 0 Å². The molecule has 0 heterocycles. The third kappa shape index (κ3) is 2.27. The first-order valence-electron chi connectivity index (χ1n) is 5.07. The Morgan fingerprint density at radius 2 is 1.80 bits per heavy atom. The molecule has 1 aliphatic rings. The lowest BCUT2D eigenvalue weighted by Gasteiger charge is -2.44. The van der Waals surface area contributed by atoms with E-state index in [0.29, 0.717) is 0 Å². The van der Waals surface area contributed by atoms with Gasteiger partial charge >= 0.3 is 0 Å². The van der Waals surface area contributed by atoms with Crippen molar-refractivity contribution in [2.75, 3.05) is 7.11 Å². The molecule has 0 amide bonds. The predicted octanol–water partition coefficient (Wildman–Crippen LogP) is 2.70. The van der Waals surface area contributed by atoms with Gasteiger partial charge < -0.3 is 10.5 Å². The van der Waals surface area contributed by atoms with Crippen LogP contribution in [0, 0.1) is 5.92 Å². The van der Waals surface area contributed by atoms with Gasteiger partial charge in [-0.1, -0.05) is 19.1 Å². The fraction of sp³-hybridized carbons (Fsp3) is 0.500. The molecule has 0 spiro atoms. The number of hydrogen-bond acceptors (Lipinski definition) is 2. The van der Waals surface area contributed by atoms with Gasteiger partial charge in [-0.15, -0.1) is 12.4 Å². The molecule has 0 unspecified atom stereocenters. The van der Waals surface area contributed by atoms with Crippen LogP contribution in [0.3, 0.4) is 0 Å². The second-order valence-corrected chi connectivity index (χ2v) is 4.40. The van der Waals surface area contributed by atoms with E-state index in [4.69, 9.17) is 10.5 Å². The summed E-state index contributed by atoms with van der Waals surface area (Å²) >= 11 is 0. The molecule has 3 heteroatoms. The average molecular weight is 228 g/mol. The molecule has 0 atom stereocenters. The van der Waals surface area contributed by atoms with Crippen molar-refractivity contribution in [2.45, 2.75) is 25.3 Å². The molecule has 1 aliphatic carbocycles. The molecule has 0 aromatic heterocycles. The predicted molar refractivity (Wildman–Crippen MR) is 64.5 cm³/mol. The SMILES string of the molecule is COc1ccc(C2(N)CC(C)C2)cc1.Cl. The first kappa shape index (κ1) is 12.3. The van der Waals surface area contributed by atoms with Gasteiger partial charge in [0.15, 0.2) is 0 Å². The second kappa shape index (κ2) is 4.42. The fourth-order valence-electron chi connectivity index (χ4n) is 2.34. The minimum Gasteiger partial charge on any atom is -0.497 e. The monoisotopic (exact) mass is 227 g/mol. The Balaban J connectivity index is 0.00000112. The van der Waals surface area contributed by atoms with E-state index in [1.54, 1.807) is 7.11 Å². The number of ether oxygens (including phenoxy) is 1. The fourth-order valence-corrected chi connectivity index (χ4v) is 2.34. The van der Waals surface area contributed by atoms with Crippen molar-refractivity contribution in [1.29, 1.82) is 0 Å². The van der Waals surface area contributed by atoms with Crippen LogP contribution in [-0.2, 0) is 5.54 Å². The average Bonchev–Trinajstić information content (AvgIpc) is 2.16. The standard InChI is InChI=1S/C12H17NO.ClH/c1-9-7-12(13,8-9)10-3-5-11(14-2)6-4-10;/h3-6,9H,7-8,13H2,1-2H3;1H. The highest BCUT2D eigenvalue weighted by molar-refractivity contribution is 5.85. The van der Waals surface area contributed by atoms with E-state index in [2.05, 4.69) is 19.1 Å². The highest BCUT2D eigenvalue weighted by Gasteiger charge is 2.39. The van der Waals surface area contributed by atoms with E-state index in [1.165, 1.54) is 5.56 Å². The van der Waals surface area contributed by atoms with E-state index in [-0.39, 0.29) is 17.9 Å². The maximum Gasteiger partial charge on any atom is 0.118 e. The lowest BCUT2D eigenvalue weighted by Crippen LogP contribution is -2.47. The zero-order valence-electron chi connectivity index (χ0n) is 9.19. The van der Waals surface area contributed by atoms with Gasteiger partial charge in [-0.25, -0.2) is 0 Å². The molecule has 0 bridgehead atoms. The van der Waals surface area contributed by atoms with Crippen LogP contribution in [0.4, 0.5) is 0 Å². The number of benzene rings is 1. The molecular formula is C12H18ClNO. The Morgan fingerprint density at radius 1 is 1.27 bits per heavy atom. The molecule has 15 heavy (non-hydrogen) atoms. The summed E-state index contributed by atoms with van der Waals surface area (Å²) in [5.41, 5.74) is 7.42. The smallest absolute Gasteiger partial charge is 0.118 e. The van der Waals surface area contributed by atoms with E-state index < -0.39 is 0 Å². The van der Waals surface area contributed by atoms with Crippen molar-refractivity contribution in [3.63, 3.8) is 0 Å². The lowest BCUT2D eigenvalue weighted by atomic mass is 9.66. The summed E-state index contributed by atoms with van der Waals surface area (Å²) in [5, 5.41) is 0. The van der Waals surface area contributed by atoms with Gasteiger partial charge in [0.05, 0.1) is 7.11 Å². The summed E-state index contributed by atoms with van der Waals surface area (Å²) in [6.07, 6.45) is 2.19. The summed E-state index contributed by atoms with van der Waals surface area (Å²) < 4.78 is 5.11. The van der Waals surface area contributed by atoms with E-state index in [1.807, 2.05) is 12.1 Å². The zero-order chi connectivity index (χ0) is 10.2. The summed E-state index contributed by atoms with van der Waals surface area (Å²) in [5.74, 6) is 1.66. The van der Waals surface area contributed by atoms with Crippen molar-refractivity contribution in [3.8, 4) is 5.75 Å². The van der Waals surface area contributed by atoms with Crippen LogP contribution in [0.25, 0.3) is 0 Å². The molecule has 0 radical (unpaired) electrons. The first-order valence-corrected chi connectivity index (χ1v) is 5.07. The van der Waals surface area contributed by atoms with Gasteiger partial charge in [0.2, 0.25) is 0 Å². The highest BCUT2D eigenvalue weighted by Crippen LogP contribution is 2.43. The van der Waals surface area contributed by atoms with E-state index in [0.717, 1.165) is 24.5 Å². The van der Waals surface area contributed by atoms with Crippen molar-refractivity contribution >= 4 is 12.4 Å². The van der Waals surface area contributed by atoms with E-state index >= 15 is 0 Å². The molecule has 2 rings (SSSR count). The van der Waals surface area contributed by atoms with E-state index in [9.17, 15) is 0 Å². The Bertz CT molecular complexity index is 317. The highest BCUT2D eigenvalue weighted by atomic mass is 35.5. The lowest BCUT2D eigenvalue weighted by molar-refractivity contribution is 0.164. The van der Waals surface area contributed by atoms with Gasteiger partial charge in [0.1, 0.15) is 5.75 Å². The summed E-state index contributed by atoms with van der Waals surface area (Å²) in [7, 11) is 1.68. The molecule has 84 valence electrons. The first-order chi connectivity index (χ1) is 6.64. The normalized spacial score (nSPS) is 28.9. The van der Waals surface area contributed by atoms with Gasteiger partial charge in [-0.05, 0) is 36.5 Å². The minimum absolute atomic E-state index is 0. The molecule has 1 aromatic rings. The van der Waals surface area contributed by atoms with Crippen LogP contribution in [0.1, 0.15) is 25.3 Å². The molecule has 2 nitrogen and oxygen atoms in total. The molecule has 1 aromatic carbocycles. The van der Waals surface area contributed by atoms with Crippen LogP contribution in [0.5, 0.6) is 5.75 Å². The van der Waals surface area contributed by atoms with Crippen LogP contribution >= 0.6 is 12.4 Å². The molecule has 2 N–H and O–H groups in total. The molecule has 1 fully saturated rings. The Morgan fingerprint density at radius 3 is 2.20 bits per heavy atom. The van der Waals surface area contributed by atoms with Gasteiger partial charge in [0, 0.05) is 5.54 Å². The topological polar surface area (TPSA) is 35.2 Å². The molecule has 1 saturated carbocycles. The number of methoxy groups -OCH3 is 1. The van der Waals surface area contributed by atoms with Crippen LogP contribution in [0.15, 0.2) is 24.3 Å². The van der Waals surface area contributed by atoms with Crippen LogP contribution in [-0.4, -0.2) is 7.11 Å². The summed E-state index contributed by atoms with van der Waals surface area (Å²) in [6, 6.07) is 8.11. The number of rotatable bonds is 2. The maximum absolute atomic E-state index is 6.27. The zero-order valence-corrected chi connectivity index (χ0v) is 10.0. The molecule has 0 aliphatic heterocycles. The van der Waals surface area contributed by atoms with Gasteiger partial charge in [-0.3, -0.25) is 0 Å². The Labute approximate surface area is 97.2 Å². The van der Waals surface area contributed by atoms with Crippen molar-refractivity contribution in [3.05, 3.63) is 29.8 Å². The summed E-state index contributed by atoms with van der Waals surface area (Å²) in [6.45, 7) is 2.24. The number of halogens is 1. The Hall–Kier alpha value is -0.730. The largest absolute Gasteiger partial charge is 0.497 e. The molecule has 0 saturated heterocycles.